The minimum absolute atomic E-state index is 0.108. The van der Waals surface area contributed by atoms with Crippen LogP contribution in [0.2, 0.25) is 0 Å². The van der Waals surface area contributed by atoms with Crippen molar-refractivity contribution in [3.63, 3.8) is 0 Å². The summed E-state index contributed by atoms with van der Waals surface area (Å²) in [7, 11) is -3.79. The van der Waals surface area contributed by atoms with E-state index in [-0.39, 0.29) is 10.1 Å². The molecule has 0 atom stereocenters. The van der Waals surface area contributed by atoms with Gasteiger partial charge in [-0.05, 0) is 74.9 Å². The van der Waals surface area contributed by atoms with Crippen LogP contribution in [0.4, 0.5) is 5.69 Å². The molecule has 0 aliphatic carbocycles. The largest absolute Gasteiger partial charge is 0.339 e. The van der Waals surface area contributed by atoms with Crippen molar-refractivity contribution >= 4 is 33.0 Å². The third-order valence-electron chi connectivity index (χ3n) is 6.13. The topological polar surface area (TPSA) is 103 Å². The van der Waals surface area contributed by atoms with Gasteiger partial charge in [-0.3, -0.25) is 9.52 Å². The molecule has 2 heterocycles. The van der Waals surface area contributed by atoms with Crippen molar-refractivity contribution in [2.24, 2.45) is 0 Å². The minimum Gasteiger partial charge on any atom is -0.339 e. The molecule has 1 aliphatic rings. The molecule has 1 aliphatic heterocycles. The minimum atomic E-state index is -3.79. The lowest BCUT2D eigenvalue weighted by Gasteiger charge is -2.32. The summed E-state index contributed by atoms with van der Waals surface area (Å²) < 4.78 is 28.7. The molecule has 1 aromatic heterocycles. The molecule has 1 N–H and O–H groups in total. The van der Waals surface area contributed by atoms with E-state index in [1.165, 1.54) is 5.56 Å². The van der Waals surface area contributed by atoms with Crippen LogP contribution in [0.15, 0.2) is 46.7 Å². The summed E-state index contributed by atoms with van der Waals surface area (Å²) in [4.78, 5) is 19.2. The number of piperidine rings is 1. The number of anilines is 1. The number of hydrogen-bond acceptors (Lipinski definition) is 6. The molecular weight excluding hydrogens is 468 g/mol. The highest BCUT2D eigenvalue weighted by atomic mass is 32.2. The molecule has 3 aromatic rings. The number of rotatable bonds is 5. The van der Waals surface area contributed by atoms with Gasteiger partial charge in [0, 0.05) is 18.7 Å². The first-order valence-electron chi connectivity index (χ1n) is 11.0. The molecule has 0 saturated carbocycles. The molecule has 9 heteroatoms. The van der Waals surface area contributed by atoms with Gasteiger partial charge in [0.05, 0.1) is 28.0 Å². The number of aromatic nitrogens is 1. The van der Waals surface area contributed by atoms with Gasteiger partial charge in [0.1, 0.15) is 0 Å². The van der Waals surface area contributed by atoms with Crippen molar-refractivity contribution in [3.05, 3.63) is 75.4 Å². The fourth-order valence-electron chi connectivity index (χ4n) is 4.25. The first-order valence-corrected chi connectivity index (χ1v) is 13.3. The molecule has 1 fully saturated rings. The third-order valence-corrected chi connectivity index (χ3v) is 9.18. The fraction of sp³-hybridized carbons (Fsp3) is 0.320. The Balaban J connectivity index is 1.47. The summed E-state index contributed by atoms with van der Waals surface area (Å²) in [5, 5.41) is 9.66. The SMILES string of the molecule is Cc1nc(C)c(S(=O)(=O)Nc2cc(C(=O)N3CCC(c4ccc(C#N)cc4)CC3)ccc2C)s1. The summed E-state index contributed by atoms with van der Waals surface area (Å²) in [5.74, 6) is 0.242. The number of thiazole rings is 1. The quantitative estimate of drug-likeness (QED) is 0.551. The molecule has 34 heavy (non-hydrogen) atoms. The summed E-state index contributed by atoms with van der Waals surface area (Å²) in [5.41, 5.74) is 3.87. The molecule has 2 aromatic carbocycles. The van der Waals surface area contributed by atoms with Gasteiger partial charge in [0.15, 0.2) is 4.21 Å². The van der Waals surface area contributed by atoms with E-state index < -0.39 is 10.0 Å². The van der Waals surface area contributed by atoms with Gasteiger partial charge < -0.3 is 4.90 Å². The molecule has 0 bridgehead atoms. The lowest BCUT2D eigenvalue weighted by molar-refractivity contribution is 0.0713. The van der Waals surface area contributed by atoms with E-state index in [2.05, 4.69) is 15.8 Å². The second-order valence-corrected chi connectivity index (χ2v) is 11.6. The number of benzene rings is 2. The predicted octanol–water partition coefficient (Wildman–Crippen LogP) is 4.76. The zero-order valence-corrected chi connectivity index (χ0v) is 21.0. The molecule has 0 unspecified atom stereocenters. The van der Waals surface area contributed by atoms with Gasteiger partial charge >= 0.3 is 0 Å². The molecule has 4 rings (SSSR count). The highest BCUT2D eigenvalue weighted by Crippen LogP contribution is 2.30. The van der Waals surface area contributed by atoms with Crippen molar-refractivity contribution in [3.8, 4) is 6.07 Å². The fourth-order valence-corrected chi connectivity index (χ4v) is 6.85. The summed E-state index contributed by atoms with van der Waals surface area (Å²) in [6, 6.07) is 14.9. The normalized spacial score (nSPS) is 14.6. The smallest absolute Gasteiger partial charge is 0.273 e. The van der Waals surface area contributed by atoms with Gasteiger partial charge in [-0.25, -0.2) is 13.4 Å². The Hall–Kier alpha value is -3.22. The Morgan fingerprint density at radius 2 is 1.79 bits per heavy atom. The lowest BCUT2D eigenvalue weighted by Crippen LogP contribution is -2.38. The van der Waals surface area contributed by atoms with Crippen LogP contribution in [0.25, 0.3) is 0 Å². The van der Waals surface area contributed by atoms with Gasteiger partial charge in [-0.2, -0.15) is 5.26 Å². The third kappa shape index (κ3) is 4.98. The summed E-state index contributed by atoms with van der Waals surface area (Å²) in [6.45, 7) is 6.49. The number of nitrogens with zero attached hydrogens (tertiary/aromatic N) is 3. The molecule has 0 spiro atoms. The van der Waals surface area contributed by atoms with Crippen molar-refractivity contribution in [2.75, 3.05) is 17.8 Å². The maximum Gasteiger partial charge on any atom is 0.273 e. The maximum atomic E-state index is 13.2. The molecule has 176 valence electrons. The first kappa shape index (κ1) is 23.9. The van der Waals surface area contributed by atoms with E-state index in [0.29, 0.717) is 46.5 Å². The Morgan fingerprint density at radius 3 is 2.38 bits per heavy atom. The van der Waals surface area contributed by atoms with Crippen molar-refractivity contribution in [1.29, 1.82) is 5.26 Å². The van der Waals surface area contributed by atoms with Crippen LogP contribution in [-0.2, 0) is 10.0 Å². The van der Waals surface area contributed by atoms with E-state index in [1.807, 2.05) is 29.2 Å². The molecule has 7 nitrogen and oxygen atoms in total. The Kier molecular flexibility index (Phi) is 6.73. The number of hydrogen-bond donors (Lipinski definition) is 1. The number of carbonyl (C=O) groups is 1. The average molecular weight is 495 g/mol. The van der Waals surface area contributed by atoms with Crippen LogP contribution >= 0.6 is 11.3 Å². The summed E-state index contributed by atoms with van der Waals surface area (Å²) in [6.07, 6.45) is 1.68. The number of aryl methyl sites for hydroxylation is 3. The second kappa shape index (κ2) is 9.57. The highest BCUT2D eigenvalue weighted by Gasteiger charge is 2.26. The lowest BCUT2D eigenvalue weighted by atomic mass is 9.89. The van der Waals surface area contributed by atoms with Crippen LogP contribution in [0.3, 0.4) is 0 Å². The Morgan fingerprint density at radius 1 is 1.12 bits per heavy atom. The number of nitrogens with one attached hydrogen (secondary N) is 1. The maximum absolute atomic E-state index is 13.2. The zero-order valence-electron chi connectivity index (χ0n) is 19.3. The van der Waals surface area contributed by atoms with E-state index in [9.17, 15) is 13.2 Å². The number of likely N-dealkylation sites (tertiary alicyclic amines) is 1. The van der Waals surface area contributed by atoms with Crippen LogP contribution in [0, 0.1) is 32.1 Å². The van der Waals surface area contributed by atoms with Crippen LogP contribution < -0.4 is 4.72 Å². The second-order valence-electron chi connectivity index (χ2n) is 8.54. The van der Waals surface area contributed by atoms with Crippen LogP contribution in [0.1, 0.15) is 56.5 Å². The number of nitriles is 1. The molecule has 1 amide bonds. The zero-order chi connectivity index (χ0) is 24.5. The molecule has 0 radical (unpaired) electrons. The standard InChI is InChI=1S/C25H26N4O3S2/c1-16-4-7-22(14-23(16)28-34(31,32)25-17(2)27-18(3)33-25)24(30)29-12-10-21(11-13-29)20-8-5-19(15-26)6-9-20/h4-9,14,21,28H,10-13H2,1-3H3. The monoisotopic (exact) mass is 494 g/mol. The van der Waals surface area contributed by atoms with Gasteiger partial charge in [0.2, 0.25) is 0 Å². The number of sulfonamides is 1. The number of amides is 1. The van der Waals surface area contributed by atoms with E-state index in [1.54, 1.807) is 39.0 Å². The molecule has 1 saturated heterocycles. The Bertz CT molecular complexity index is 1360. The first-order chi connectivity index (χ1) is 16.2. The van der Waals surface area contributed by atoms with Gasteiger partial charge in [-0.15, -0.1) is 11.3 Å². The summed E-state index contributed by atoms with van der Waals surface area (Å²) >= 11 is 1.13. The van der Waals surface area contributed by atoms with Crippen molar-refractivity contribution in [2.45, 2.75) is 43.7 Å². The molecular formula is C25H26N4O3S2. The van der Waals surface area contributed by atoms with Crippen molar-refractivity contribution < 1.29 is 13.2 Å². The van der Waals surface area contributed by atoms with Crippen molar-refractivity contribution in [1.82, 2.24) is 9.88 Å². The van der Waals surface area contributed by atoms with Gasteiger partial charge in [-0.1, -0.05) is 18.2 Å². The predicted molar refractivity (Wildman–Crippen MR) is 133 cm³/mol. The van der Waals surface area contributed by atoms with E-state index in [4.69, 9.17) is 5.26 Å². The highest BCUT2D eigenvalue weighted by molar-refractivity contribution is 7.94. The van der Waals surface area contributed by atoms with E-state index >= 15 is 0 Å². The van der Waals surface area contributed by atoms with Crippen LogP contribution in [-0.4, -0.2) is 37.3 Å². The number of carbonyl (C=O) groups excluding carboxylic acids is 1. The van der Waals surface area contributed by atoms with E-state index in [0.717, 1.165) is 29.7 Å². The van der Waals surface area contributed by atoms with Gasteiger partial charge in [0.25, 0.3) is 15.9 Å². The average Bonchev–Trinajstić information content (AvgIpc) is 3.19. The van der Waals surface area contributed by atoms with Crippen LogP contribution in [0.5, 0.6) is 0 Å². The Labute approximate surface area is 204 Å².